The molecular weight excluding hydrogens is 679 g/mol. The molecule has 0 saturated carbocycles. The standard InChI is InChI=1S/C53H31N3/c1-3-13-32(14-4-1)36-30-46(33-15-5-2-6-16-33)54-47(31-36)37-28-44-40-19-9-12-22-50(40)56-51-24-23-34(25-41(51)45(29-37)53(44)56)35-26-42-38-17-7-10-20-48(38)55-49-21-11-8-18-39(49)43(27-35)52(42)55/h1-31H. The van der Waals surface area contributed by atoms with Crippen LogP contribution in [0.3, 0.4) is 0 Å². The second kappa shape index (κ2) is 11.0. The molecule has 3 heteroatoms. The van der Waals surface area contributed by atoms with E-state index in [4.69, 9.17) is 4.98 Å². The molecule has 0 amide bonds. The lowest BCUT2D eigenvalue weighted by atomic mass is 9.96. The molecule has 5 heterocycles. The second-order valence-corrected chi connectivity index (χ2v) is 15.2. The Bertz CT molecular complexity index is 3540. The van der Waals surface area contributed by atoms with Crippen molar-refractivity contribution in [2.45, 2.75) is 0 Å². The molecular formula is C53H31N3. The van der Waals surface area contributed by atoms with Crippen LogP contribution in [0.4, 0.5) is 0 Å². The molecule has 5 aromatic heterocycles. The molecule has 0 N–H and O–H groups in total. The summed E-state index contributed by atoms with van der Waals surface area (Å²) in [5.41, 5.74) is 16.4. The van der Waals surface area contributed by atoms with Crippen LogP contribution in [0.2, 0.25) is 0 Å². The van der Waals surface area contributed by atoms with Crippen molar-refractivity contribution >= 4 is 76.2 Å². The summed E-state index contributed by atoms with van der Waals surface area (Å²) >= 11 is 0. The first-order valence-corrected chi connectivity index (χ1v) is 19.3. The first-order chi connectivity index (χ1) is 27.8. The lowest BCUT2D eigenvalue weighted by Gasteiger charge is -2.11. The smallest absolute Gasteiger partial charge is 0.0716 e. The highest BCUT2D eigenvalue weighted by atomic mass is 14.9. The molecule has 0 saturated heterocycles. The summed E-state index contributed by atoms with van der Waals surface area (Å²) in [5.74, 6) is 0. The number of rotatable bonds is 4. The Kier molecular flexibility index (Phi) is 5.89. The van der Waals surface area contributed by atoms with Gasteiger partial charge in [0.1, 0.15) is 0 Å². The van der Waals surface area contributed by atoms with Crippen LogP contribution in [-0.2, 0) is 0 Å². The fourth-order valence-corrected chi connectivity index (χ4v) is 9.68. The first kappa shape index (κ1) is 29.9. The third-order valence-corrected chi connectivity index (χ3v) is 12.1. The zero-order chi connectivity index (χ0) is 36.5. The highest BCUT2D eigenvalue weighted by Gasteiger charge is 2.22. The lowest BCUT2D eigenvalue weighted by Crippen LogP contribution is -1.91. The van der Waals surface area contributed by atoms with Gasteiger partial charge in [-0.3, -0.25) is 0 Å². The van der Waals surface area contributed by atoms with Gasteiger partial charge >= 0.3 is 0 Å². The summed E-state index contributed by atoms with van der Waals surface area (Å²) in [6.07, 6.45) is 0. The predicted octanol–water partition coefficient (Wildman–Crippen LogP) is 14.0. The van der Waals surface area contributed by atoms with Crippen molar-refractivity contribution in [3.63, 3.8) is 0 Å². The Balaban J connectivity index is 1.09. The largest absolute Gasteiger partial charge is 0.308 e. The number of benzene rings is 8. The summed E-state index contributed by atoms with van der Waals surface area (Å²) in [4.78, 5) is 5.37. The number of nitrogens with zero attached hydrogens (tertiary/aromatic N) is 3. The normalized spacial score (nSPS) is 12.3. The van der Waals surface area contributed by atoms with Crippen molar-refractivity contribution in [2.75, 3.05) is 0 Å². The molecule has 0 aliphatic heterocycles. The number of para-hydroxylation sites is 3. The summed E-state index contributed by atoms with van der Waals surface area (Å²) in [7, 11) is 0. The van der Waals surface area contributed by atoms with Crippen molar-refractivity contribution in [3.8, 4) is 44.8 Å². The van der Waals surface area contributed by atoms with Crippen molar-refractivity contribution < 1.29 is 0 Å². The molecule has 258 valence electrons. The van der Waals surface area contributed by atoms with E-state index in [9.17, 15) is 0 Å². The molecule has 0 radical (unpaired) electrons. The molecule has 0 aliphatic carbocycles. The quantitative estimate of drug-likeness (QED) is 0.178. The van der Waals surface area contributed by atoms with Crippen molar-refractivity contribution in [2.24, 2.45) is 0 Å². The van der Waals surface area contributed by atoms with Crippen LogP contribution in [0.15, 0.2) is 188 Å². The van der Waals surface area contributed by atoms with E-state index in [-0.39, 0.29) is 0 Å². The summed E-state index contributed by atoms with van der Waals surface area (Å²) in [5, 5.41) is 10.2. The number of hydrogen-bond acceptors (Lipinski definition) is 1. The maximum Gasteiger partial charge on any atom is 0.0716 e. The number of hydrogen-bond donors (Lipinski definition) is 0. The Morgan fingerprint density at radius 3 is 1.20 bits per heavy atom. The van der Waals surface area contributed by atoms with Crippen LogP contribution >= 0.6 is 0 Å². The topological polar surface area (TPSA) is 21.7 Å². The first-order valence-electron chi connectivity index (χ1n) is 19.3. The van der Waals surface area contributed by atoms with Crippen LogP contribution in [0.25, 0.3) is 121 Å². The molecule has 0 spiro atoms. The van der Waals surface area contributed by atoms with Crippen LogP contribution in [0, 0.1) is 0 Å². The molecule has 13 aromatic rings. The second-order valence-electron chi connectivity index (χ2n) is 15.2. The Morgan fingerprint density at radius 2 is 0.643 bits per heavy atom. The fraction of sp³-hybridized carbons (Fsp3) is 0. The van der Waals surface area contributed by atoms with Gasteiger partial charge in [-0.05, 0) is 89.0 Å². The molecule has 0 fully saturated rings. The van der Waals surface area contributed by atoms with Gasteiger partial charge in [0.15, 0.2) is 0 Å². The van der Waals surface area contributed by atoms with Gasteiger partial charge in [-0.15, -0.1) is 0 Å². The summed E-state index contributed by atoms with van der Waals surface area (Å²) in [6.45, 7) is 0. The molecule has 56 heavy (non-hydrogen) atoms. The molecule has 0 aliphatic rings. The van der Waals surface area contributed by atoms with Gasteiger partial charge in [-0.1, -0.05) is 121 Å². The highest BCUT2D eigenvalue weighted by Crippen LogP contribution is 2.45. The molecule has 8 aromatic carbocycles. The highest BCUT2D eigenvalue weighted by molar-refractivity contribution is 6.26. The molecule has 0 atom stereocenters. The Labute approximate surface area is 321 Å². The summed E-state index contributed by atoms with van der Waals surface area (Å²) < 4.78 is 4.92. The average Bonchev–Trinajstić information content (AvgIpc) is 4.00. The summed E-state index contributed by atoms with van der Waals surface area (Å²) in [6, 6.07) is 68.8. The van der Waals surface area contributed by atoms with Gasteiger partial charge in [0.25, 0.3) is 0 Å². The minimum atomic E-state index is 0.966. The van der Waals surface area contributed by atoms with Crippen LogP contribution in [-0.4, -0.2) is 13.8 Å². The molecule has 13 rings (SSSR count). The van der Waals surface area contributed by atoms with Crippen LogP contribution in [0.1, 0.15) is 0 Å². The van der Waals surface area contributed by atoms with E-state index in [1.54, 1.807) is 0 Å². The molecule has 3 nitrogen and oxygen atoms in total. The van der Waals surface area contributed by atoms with E-state index in [1.807, 2.05) is 0 Å². The molecule has 0 unspecified atom stereocenters. The number of aromatic nitrogens is 3. The van der Waals surface area contributed by atoms with Crippen LogP contribution < -0.4 is 0 Å². The SMILES string of the molecule is c1ccc(-c2cc(-c3ccccc3)nc(-c3cc4c5ccccc5n5c6ccc(-c7cc8c9ccccc9n9c%10ccccc%10c(c7)c89)cc6c(c3)c45)c2)cc1. The van der Waals surface area contributed by atoms with E-state index in [0.29, 0.717) is 0 Å². The molecule has 0 bridgehead atoms. The predicted molar refractivity (Wildman–Crippen MR) is 235 cm³/mol. The Hall–Kier alpha value is -7.49. The van der Waals surface area contributed by atoms with Crippen LogP contribution in [0.5, 0.6) is 0 Å². The zero-order valence-corrected chi connectivity index (χ0v) is 30.2. The van der Waals surface area contributed by atoms with E-state index in [0.717, 1.165) is 28.1 Å². The minimum absolute atomic E-state index is 0.966. The monoisotopic (exact) mass is 709 g/mol. The third-order valence-electron chi connectivity index (χ3n) is 12.1. The van der Waals surface area contributed by atoms with Gasteiger partial charge in [0.2, 0.25) is 0 Å². The maximum absolute atomic E-state index is 5.37. The average molecular weight is 710 g/mol. The van der Waals surface area contributed by atoms with Gasteiger partial charge in [-0.25, -0.2) is 4.98 Å². The van der Waals surface area contributed by atoms with E-state index < -0.39 is 0 Å². The lowest BCUT2D eigenvalue weighted by molar-refractivity contribution is 1.32. The van der Waals surface area contributed by atoms with Crippen molar-refractivity contribution in [1.82, 2.24) is 13.8 Å². The number of fused-ring (bicyclic) bond motifs is 12. The van der Waals surface area contributed by atoms with Crippen molar-refractivity contribution in [1.29, 1.82) is 0 Å². The van der Waals surface area contributed by atoms with Gasteiger partial charge in [0.05, 0.1) is 44.5 Å². The van der Waals surface area contributed by atoms with E-state index >= 15 is 0 Å². The van der Waals surface area contributed by atoms with Crippen molar-refractivity contribution in [3.05, 3.63) is 188 Å². The maximum atomic E-state index is 5.37. The Morgan fingerprint density at radius 1 is 0.250 bits per heavy atom. The van der Waals surface area contributed by atoms with Gasteiger partial charge in [0, 0.05) is 54.2 Å². The van der Waals surface area contributed by atoms with E-state index in [2.05, 4.69) is 197 Å². The zero-order valence-electron chi connectivity index (χ0n) is 30.2. The minimum Gasteiger partial charge on any atom is -0.308 e. The number of pyridine rings is 1. The van der Waals surface area contributed by atoms with Gasteiger partial charge in [-0.2, -0.15) is 0 Å². The third kappa shape index (κ3) is 4.04. The van der Waals surface area contributed by atoms with Gasteiger partial charge < -0.3 is 8.80 Å². The van der Waals surface area contributed by atoms with E-state index in [1.165, 1.54) is 92.9 Å². The fourth-order valence-electron chi connectivity index (χ4n) is 9.68.